The number of carboxylic acid groups (broad SMARTS) is 1. The highest BCUT2D eigenvalue weighted by Crippen LogP contribution is 2.34. The van der Waals surface area contributed by atoms with E-state index in [2.05, 4.69) is 9.88 Å². The molecule has 5 rings (SSSR count). The number of para-hydroxylation sites is 1. The van der Waals surface area contributed by atoms with Gasteiger partial charge in [0.1, 0.15) is 24.0 Å². The number of aryl methyl sites for hydroxylation is 1. The number of nitrogens with zero attached hydrogens (tertiary/aromatic N) is 3. The van der Waals surface area contributed by atoms with Gasteiger partial charge in [-0.25, -0.2) is 9.37 Å². The van der Waals surface area contributed by atoms with Crippen molar-refractivity contribution in [2.75, 3.05) is 29.4 Å². The fraction of sp³-hybridized carbons (Fsp3) is 0.321. The van der Waals surface area contributed by atoms with Crippen molar-refractivity contribution in [1.82, 2.24) is 4.98 Å². The predicted octanol–water partition coefficient (Wildman–Crippen LogP) is 4.62. The van der Waals surface area contributed by atoms with Crippen molar-refractivity contribution in [2.24, 2.45) is 0 Å². The lowest BCUT2D eigenvalue weighted by molar-refractivity contribution is -0.136. The topological polar surface area (TPSA) is 83.0 Å². The molecular formula is C28H28FN3O4. The molecule has 1 N–H and O–H groups in total. The Morgan fingerprint density at radius 2 is 1.86 bits per heavy atom. The third-order valence-electron chi connectivity index (χ3n) is 6.77. The minimum absolute atomic E-state index is 0.0714. The van der Waals surface area contributed by atoms with E-state index in [1.54, 1.807) is 29.3 Å². The molecule has 36 heavy (non-hydrogen) atoms. The van der Waals surface area contributed by atoms with Crippen LogP contribution in [0, 0.1) is 5.82 Å². The van der Waals surface area contributed by atoms with Crippen molar-refractivity contribution in [2.45, 2.75) is 38.7 Å². The number of carbonyl (C=O) groups is 2. The number of aliphatic carboxylic acids is 1. The smallest absolute Gasteiger partial charge is 0.303 e. The first-order chi connectivity index (χ1) is 17.5. The number of carboxylic acids is 1. The van der Waals surface area contributed by atoms with E-state index >= 15 is 0 Å². The molecular weight excluding hydrogens is 461 g/mol. The zero-order valence-electron chi connectivity index (χ0n) is 20.0. The highest BCUT2D eigenvalue weighted by molar-refractivity contribution is 6.08. The average molecular weight is 490 g/mol. The standard InChI is InChI=1S/C28H28FN3O4/c29-24-17-23(8-6-19(24)7-9-26(33)34)36-18-22-5-3-4-20-11-15-32(27(20)22)28(35)21-10-12-30-25(16-21)31-13-1-2-14-31/h3-6,8,10,12,16-17H,1-2,7,9,11,13-15,18H2,(H,33,34). The van der Waals surface area contributed by atoms with Crippen molar-refractivity contribution in [3.63, 3.8) is 0 Å². The molecule has 1 aromatic heterocycles. The largest absolute Gasteiger partial charge is 0.489 e. The van der Waals surface area contributed by atoms with E-state index in [1.165, 1.54) is 6.07 Å². The third kappa shape index (κ3) is 5.03. The van der Waals surface area contributed by atoms with Gasteiger partial charge in [-0.1, -0.05) is 24.3 Å². The molecule has 3 aromatic rings. The van der Waals surface area contributed by atoms with E-state index in [4.69, 9.17) is 9.84 Å². The van der Waals surface area contributed by atoms with E-state index in [0.29, 0.717) is 23.4 Å². The van der Waals surface area contributed by atoms with Gasteiger partial charge in [-0.05, 0) is 55.0 Å². The Morgan fingerprint density at radius 1 is 1.03 bits per heavy atom. The van der Waals surface area contributed by atoms with Crippen molar-refractivity contribution >= 4 is 23.4 Å². The van der Waals surface area contributed by atoms with Crippen LogP contribution in [0.25, 0.3) is 0 Å². The van der Waals surface area contributed by atoms with Crippen LogP contribution in [-0.2, 0) is 24.2 Å². The molecule has 0 unspecified atom stereocenters. The minimum Gasteiger partial charge on any atom is -0.489 e. The summed E-state index contributed by atoms with van der Waals surface area (Å²) in [6.07, 6.45) is 4.72. The van der Waals surface area contributed by atoms with Crippen molar-refractivity contribution < 1.29 is 23.8 Å². The maximum atomic E-state index is 14.4. The van der Waals surface area contributed by atoms with Crippen LogP contribution in [0.1, 0.15) is 46.3 Å². The van der Waals surface area contributed by atoms with Gasteiger partial charge in [0.2, 0.25) is 0 Å². The Balaban J connectivity index is 1.32. The number of halogens is 1. The van der Waals surface area contributed by atoms with E-state index < -0.39 is 11.8 Å². The SMILES string of the molecule is O=C(O)CCc1ccc(OCc2cccc3c2N(C(=O)c2ccnc(N4CCCC4)c2)CC3)cc1F. The molecule has 186 valence electrons. The summed E-state index contributed by atoms with van der Waals surface area (Å²) in [5.41, 5.74) is 3.72. The van der Waals surface area contributed by atoms with Gasteiger partial charge in [0.15, 0.2) is 0 Å². The molecule has 0 radical (unpaired) electrons. The quantitative estimate of drug-likeness (QED) is 0.497. The second-order valence-electron chi connectivity index (χ2n) is 9.16. The van der Waals surface area contributed by atoms with Crippen LogP contribution in [0.15, 0.2) is 54.7 Å². The van der Waals surface area contributed by atoms with Crippen molar-refractivity contribution in [1.29, 1.82) is 0 Å². The summed E-state index contributed by atoms with van der Waals surface area (Å²) < 4.78 is 20.3. The maximum Gasteiger partial charge on any atom is 0.303 e. The molecule has 2 aliphatic rings. The van der Waals surface area contributed by atoms with E-state index in [-0.39, 0.29) is 25.4 Å². The Morgan fingerprint density at radius 3 is 2.64 bits per heavy atom. The normalized spacial score (nSPS) is 14.7. The number of anilines is 2. The number of ether oxygens (including phenoxy) is 1. The molecule has 0 atom stereocenters. The summed E-state index contributed by atoms with van der Waals surface area (Å²) in [6.45, 7) is 2.68. The fourth-order valence-corrected chi connectivity index (χ4v) is 4.91. The third-order valence-corrected chi connectivity index (χ3v) is 6.77. The highest BCUT2D eigenvalue weighted by Gasteiger charge is 2.29. The van der Waals surface area contributed by atoms with Gasteiger partial charge in [0.25, 0.3) is 5.91 Å². The van der Waals surface area contributed by atoms with Crippen molar-refractivity contribution in [3.8, 4) is 5.75 Å². The van der Waals surface area contributed by atoms with Gasteiger partial charge in [-0.2, -0.15) is 0 Å². The first kappa shape index (κ1) is 23.8. The van der Waals surface area contributed by atoms with Crippen LogP contribution in [-0.4, -0.2) is 41.6 Å². The molecule has 3 heterocycles. The van der Waals surface area contributed by atoms with Crippen LogP contribution < -0.4 is 14.5 Å². The summed E-state index contributed by atoms with van der Waals surface area (Å²) in [6, 6.07) is 14.0. The second kappa shape index (κ2) is 10.4. The Hall–Kier alpha value is -3.94. The zero-order chi connectivity index (χ0) is 25.1. The number of amides is 1. The van der Waals surface area contributed by atoms with Gasteiger partial charge in [0, 0.05) is 49.4 Å². The molecule has 0 aliphatic carbocycles. The van der Waals surface area contributed by atoms with E-state index in [0.717, 1.165) is 55.0 Å². The molecule has 1 saturated heterocycles. The molecule has 2 aromatic carbocycles. The van der Waals surface area contributed by atoms with Crippen molar-refractivity contribution in [3.05, 3.63) is 82.8 Å². The average Bonchev–Trinajstić information content (AvgIpc) is 3.57. The van der Waals surface area contributed by atoms with E-state index in [1.807, 2.05) is 24.3 Å². The second-order valence-corrected chi connectivity index (χ2v) is 9.16. The highest BCUT2D eigenvalue weighted by atomic mass is 19.1. The number of hydrogen-bond donors (Lipinski definition) is 1. The van der Waals surface area contributed by atoms with Gasteiger partial charge >= 0.3 is 5.97 Å². The predicted molar refractivity (Wildman–Crippen MR) is 134 cm³/mol. The summed E-state index contributed by atoms with van der Waals surface area (Å²) in [5, 5.41) is 8.82. The van der Waals surface area contributed by atoms with Crippen LogP contribution >= 0.6 is 0 Å². The molecule has 1 amide bonds. The molecule has 8 heteroatoms. The summed E-state index contributed by atoms with van der Waals surface area (Å²) in [4.78, 5) is 32.8. The van der Waals surface area contributed by atoms with Crippen LogP contribution in [0.2, 0.25) is 0 Å². The van der Waals surface area contributed by atoms with E-state index in [9.17, 15) is 14.0 Å². The fourth-order valence-electron chi connectivity index (χ4n) is 4.91. The van der Waals surface area contributed by atoms with Crippen LogP contribution in [0.3, 0.4) is 0 Å². The number of pyridine rings is 1. The zero-order valence-corrected chi connectivity index (χ0v) is 20.0. The number of carbonyl (C=O) groups excluding carboxylic acids is 1. The number of rotatable bonds is 8. The lowest BCUT2D eigenvalue weighted by atomic mass is 10.1. The minimum atomic E-state index is -0.967. The first-order valence-corrected chi connectivity index (χ1v) is 12.3. The van der Waals surface area contributed by atoms with Gasteiger partial charge in [0.05, 0.1) is 5.69 Å². The molecule has 2 aliphatic heterocycles. The Labute approximate surface area is 209 Å². The Kier molecular flexibility index (Phi) is 6.84. The summed E-state index contributed by atoms with van der Waals surface area (Å²) in [5.74, 6) is -0.341. The molecule has 1 fully saturated rings. The monoisotopic (exact) mass is 489 g/mol. The van der Waals surface area contributed by atoms with Gasteiger partial charge in [-0.3, -0.25) is 9.59 Å². The number of aromatic nitrogens is 1. The Bertz CT molecular complexity index is 1290. The van der Waals surface area contributed by atoms with Crippen LogP contribution in [0.5, 0.6) is 5.75 Å². The van der Waals surface area contributed by atoms with Crippen LogP contribution in [0.4, 0.5) is 15.9 Å². The number of fused-ring (bicyclic) bond motifs is 1. The number of benzene rings is 2. The summed E-state index contributed by atoms with van der Waals surface area (Å²) in [7, 11) is 0. The molecule has 0 spiro atoms. The van der Waals surface area contributed by atoms with Gasteiger partial charge < -0.3 is 19.6 Å². The molecule has 7 nitrogen and oxygen atoms in total. The molecule has 0 saturated carbocycles. The lowest BCUT2D eigenvalue weighted by Crippen LogP contribution is -2.30. The van der Waals surface area contributed by atoms with Gasteiger partial charge in [-0.15, -0.1) is 0 Å². The number of hydrogen-bond acceptors (Lipinski definition) is 5. The maximum absolute atomic E-state index is 14.4. The lowest BCUT2D eigenvalue weighted by Gasteiger charge is -2.22. The first-order valence-electron chi connectivity index (χ1n) is 12.3. The summed E-state index contributed by atoms with van der Waals surface area (Å²) >= 11 is 0. The molecule has 0 bridgehead atoms.